The second-order valence-electron chi connectivity index (χ2n) is 5.89. The number of aryl methyl sites for hydroxylation is 1. The molecule has 0 radical (unpaired) electrons. The highest BCUT2D eigenvalue weighted by Gasteiger charge is 2.21. The van der Waals surface area contributed by atoms with Crippen LogP contribution in [-0.2, 0) is 10.0 Å². The fourth-order valence-electron chi connectivity index (χ4n) is 2.51. The molecule has 0 fully saturated rings. The predicted octanol–water partition coefficient (Wildman–Crippen LogP) is 2.80. The normalized spacial score (nSPS) is 11.8. The molecule has 3 rings (SSSR count). The standard InChI is InChI=1S/C19H19NO5S/c1-14-5-3-4-6-17(14)24-12-11-20(2)26(22,23)16-8-9-18-15(13-16)7-10-19(21)25-18/h3-10,13H,11-12H2,1-2H3. The molecule has 0 aliphatic heterocycles. The first-order chi connectivity index (χ1) is 12.4. The van der Waals surface area contributed by atoms with Crippen molar-refractivity contribution in [2.75, 3.05) is 20.2 Å². The van der Waals surface area contributed by atoms with Crippen molar-refractivity contribution in [3.8, 4) is 5.75 Å². The van der Waals surface area contributed by atoms with E-state index in [9.17, 15) is 13.2 Å². The Morgan fingerprint density at radius 2 is 1.85 bits per heavy atom. The van der Waals surface area contributed by atoms with Gasteiger partial charge in [0.15, 0.2) is 0 Å². The average Bonchev–Trinajstić information content (AvgIpc) is 2.62. The lowest BCUT2D eigenvalue weighted by atomic mass is 10.2. The van der Waals surface area contributed by atoms with Crippen molar-refractivity contribution >= 4 is 21.0 Å². The summed E-state index contributed by atoms with van der Waals surface area (Å²) in [5.74, 6) is 0.735. The molecule has 6 nitrogen and oxygen atoms in total. The molecule has 3 aromatic rings. The van der Waals surface area contributed by atoms with Gasteiger partial charge < -0.3 is 9.15 Å². The van der Waals surface area contributed by atoms with E-state index in [0.29, 0.717) is 11.0 Å². The Morgan fingerprint density at radius 3 is 2.62 bits per heavy atom. The second kappa shape index (κ2) is 7.31. The Kier molecular flexibility index (Phi) is 5.11. The Morgan fingerprint density at radius 1 is 1.08 bits per heavy atom. The van der Waals surface area contributed by atoms with E-state index in [0.717, 1.165) is 11.3 Å². The van der Waals surface area contributed by atoms with E-state index in [1.807, 2.05) is 31.2 Å². The third-order valence-corrected chi connectivity index (χ3v) is 5.91. The molecule has 0 atom stereocenters. The zero-order chi connectivity index (χ0) is 18.7. The van der Waals surface area contributed by atoms with Gasteiger partial charge in [0.1, 0.15) is 17.9 Å². The van der Waals surface area contributed by atoms with Crippen molar-refractivity contribution in [1.29, 1.82) is 0 Å². The lowest BCUT2D eigenvalue weighted by Crippen LogP contribution is -2.31. The van der Waals surface area contributed by atoms with Crippen molar-refractivity contribution < 1.29 is 17.6 Å². The van der Waals surface area contributed by atoms with E-state index in [1.54, 1.807) is 6.07 Å². The molecule has 0 spiro atoms. The molecule has 0 N–H and O–H groups in total. The summed E-state index contributed by atoms with van der Waals surface area (Å²) in [6.45, 7) is 2.38. The van der Waals surface area contributed by atoms with Gasteiger partial charge in [-0.05, 0) is 42.8 Å². The van der Waals surface area contributed by atoms with Gasteiger partial charge in [-0.25, -0.2) is 13.2 Å². The fraction of sp³-hybridized carbons (Fsp3) is 0.211. The van der Waals surface area contributed by atoms with Crippen molar-refractivity contribution in [2.45, 2.75) is 11.8 Å². The minimum atomic E-state index is -3.67. The third-order valence-electron chi connectivity index (χ3n) is 4.06. The van der Waals surface area contributed by atoms with Crippen LogP contribution < -0.4 is 10.4 Å². The van der Waals surface area contributed by atoms with Crippen LogP contribution in [0.2, 0.25) is 0 Å². The van der Waals surface area contributed by atoms with Crippen molar-refractivity contribution in [2.24, 2.45) is 0 Å². The summed E-state index contributed by atoms with van der Waals surface area (Å²) >= 11 is 0. The van der Waals surface area contributed by atoms with Crippen molar-refractivity contribution in [3.63, 3.8) is 0 Å². The summed E-state index contributed by atoms with van der Waals surface area (Å²) in [5, 5.41) is 0.551. The first-order valence-electron chi connectivity index (χ1n) is 8.06. The number of sulfonamides is 1. The molecule has 7 heteroatoms. The molecule has 0 saturated heterocycles. The SMILES string of the molecule is Cc1ccccc1OCCN(C)S(=O)(=O)c1ccc2oc(=O)ccc2c1. The maximum atomic E-state index is 12.7. The van der Waals surface area contributed by atoms with Crippen LogP contribution in [0.5, 0.6) is 5.75 Å². The summed E-state index contributed by atoms with van der Waals surface area (Å²) in [4.78, 5) is 11.4. The topological polar surface area (TPSA) is 76.8 Å². The Balaban J connectivity index is 1.73. The molecule has 2 aromatic carbocycles. The Hall–Kier alpha value is -2.64. The van der Waals surface area contributed by atoms with E-state index in [-0.39, 0.29) is 18.0 Å². The van der Waals surface area contributed by atoms with Crippen LogP contribution in [0.4, 0.5) is 0 Å². The molecule has 0 amide bonds. The molecule has 0 bridgehead atoms. The van der Waals surface area contributed by atoms with Gasteiger partial charge in [0, 0.05) is 25.0 Å². The van der Waals surface area contributed by atoms with Crippen LogP contribution in [0.15, 0.2) is 68.7 Å². The maximum absolute atomic E-state index is 12.7. The second-order valence-corrected chi connectivity index (χ2v) is 7.94. The summed E-state index contributed by atoms with van der Waals surface area (Å²) in [5.41, 5.74) is 0.870. The van der Waals surface area contributed by atoms with Crippen LogP contribution in [0.3, 0.4) is 0 Å². The highest BCUT2D eigenvalue weighted by molar-refractivity contribution is 7.89. The molecule has 0 unspecified atom stereocenters. The number of nitrogens with zero attached hydrogens (tertiary/aromatic N) is 1. The number of para-hydroxylation sites is 1. The zero-order valence-electron chi connectivity index (χ0n) is 14.5. The first kappa shape index (κ1) is 18.2. The van der Waals surface area contributed by atoms with Crippen molar-refractivity contribution in [1.82, 2.24) is 4.31 Å². The number of fused-ring (bicyclic) bond motifs is 1. The minimum absolute atomic E-state index is 0.136. The van der Waals surface area contributed by atoms with Gasteiger partial charge in [0.2, 0.25) is 10.0 Å². The number of hydrogen-bond donors (Lipinski definition) is 0. The molecule has 0 saturated carbocycles. The average molecular weight is 373 g/mol. The summed E-state index contributed by atoms with van der Waals surface area (Å²) < 4.78 is 37.4. The molecule has 0 aliphatic rings. The van der Waals surface area contributed by atoms with E-state index < -0.39 is 15.6 Å². The van der Waals surface area contributed by atoms with Gasteiger partial charge in [0.25, 0.3) is 0 Å². The molecule has 1 aromatic heterocycles. The third kappa shape index (κ3) is 3.79. The van der Waals surface area contributed by atoms with Crippen LogP contribution in [-0.4, -0.2) is 32.9 Å². The zero-order valence-corrected chi connectivity index (χ0v) is 15.3. The molecular weight excluding hydrogens is 354 g/mol. The molecular formula is C19H19NO5S. The van der Waals surface area contributed by atoms with Gasteiger partial charge >= 0.3 is 5.63 Å². The van der Waals surface area contributed by atoms with Gasteiger partial charge in [-0.1, -0.05) is 18.2 Å². The van der Waals surface area contributed by atoms with E-state index in [1.165, 1.54) is 35.6 Å². The summed E-state index contributed by atoms with van der Waals surface area (Å²) in [7, 11) is -2.17. The quantitative estimate of drug-likeness (QED) is 0.621. The van der Waals surface area contributed by atoms with Gasteiger partial charge in [-0.2, -0.15) is 4.31 Å². The molecule has 0 aliphatic carbocycles. The number of likely N-dealkylation sites (N-methyl/N-ethyl adjacent to an activating group) is 1. The molecule has 1 heterocycles. The first-order valence-corrected chi connectivity index (χ1v) is 9.50. The smallest absolute Gasteiger partial charge is 0.336 e. The lowest BCUT2D eigenvalue weighted by molar-refractivity contribution is 0.285. The van der Waals surface area contributed by atoms with Crippen molar-refractivity contribution in [3.05, 3.63) is 70.6 Å². The van der Waals surface area contributed by atoms with E-state index in [2.05, 4.69) is 0 Å². The minimum Gasteiger partial charge on any atom is -0.492 e. The monoisotopic (exact) mass is 373 g/mol. The number of rotatable bonds is 6. The van der Waals surface area contributed by atoms with Gasteiger partial charge in [-0.15, -0.1) is 0 Å². The maximum Gasteiger partial charge on any atom is 0.336 e. The lowest BCUT2D eigenvalue weighted by Gasteiger charge is -2.18. The van der Waals surface area contributed by atoms with Crippen LogP contribution in [0.1, 0.15) is 5.56 Å². The molecule has 136 valence electrons. The fourth-order valence-corrected chi connectivity index (χ4v) is 3.70. The van der Waals surface area contributed by atoms with Gasteiger partial charge in [0.05, 0.1) is 4.90 Å². The number of hydrogen-bond acceptors (Lipinski definition) is 5. The Bertz CT molecular complexity index is 1090. The van der Waals surface area contributed by atoms with E-state index >= 15 is 0 Å². The highest BCUT2D eigenvalue weighted by atomic mass is 32.2. The van der Waals surface area contributed by atoms with Gasteiger partial charge in [-0.3, -0.25) is 0 Å². The highest BCUT2D eigenvalue weighted by Crippen LogP contribution is 2.21. The number of benzene rings is 2. The molecule has 26 heavy (non-hydrogen) atoms. The largest absolute Gasteiger partial charge is 0.492 e. The van der Waals surface area contributed by atoms with E-state index in [4.69, 9.17) is 9.15 Å². The predicted molar refractivity (Wildman–Crippen MR) is 99.0 cm³/mol. The van der Waals surface area contributed by atoms with Crippen LogP contribution >= 0.6 is 0 Å². The van der Waals surface area contributed by atoms with Crippen LogP contribution in [0, 0.1) is 6.92 Å². The Labute approximate surface area is 151 Å². The number of ether oxygens (including phenoxy) is 1. The summed E-state index contributed by atoms with van der Waals surface area (Å²) in [6.07, 6.45) is 0. The van der Waals surface area contributed by atoms with Crippen LogP contribution in [0.25, 0.3) is 11.0 Å². The summed E-state index contributed by atoms with van der Waals surface area (Å²) in [6, 6.07) is 14.8.